The fourth-order valence-electron chi connectivity index (χ4n) is 2.76. The van der Waals surface area contributed by atoms with E-state index in [4.69, 9.17) is 9.47 Å². The number of aliphatic hydroxyl groups excluding tert-OH is 1. The van der Waals surface area contributed by atoms with Crippen LogP contribution in [0, 0.1) is 10.8 Å². The number of hydrogen-bond acceptors (Lipinski definition) is 6. The minimum Gasteiger partial charge on any atom is -0.422 e. The summed E-state index contributed by atoms with van der Waals surface area (Å²) < 4.78 is 11.1. The molecule has 1 N–H and O–H groups in total. The average molecular weight is 442 g/mol. The van der Waals surface area contributed by atoms with Gasteiger partial charge in [-0.05, 0) is 71.8 Å². The molecular weight excluding hydrogens is 406 g/mol. The summed E-state index contributed by atoms with van der Waals surface area (Å²) in [4.78, 5) is 26.9. The van der Waals surface area contributed by atoms with Gasteiger partial charge < -0.3 is 14.6 Å². The first-order valence-corrected chi connectivity index (χ1v) is 10.8. The topological polar surface area (TPSA) is 76.1 Å². The molecule has 0 radical (unpaired) electrons. The molecule has 0 aliphatic heterocycles. The zero-order valence-electron chi connectivity index (χ0n) is 20.1. The number of rotatable bonds is 7. The summed E-state index contributed by atoms with van der Waals surface area (Å²) in [6, 6.07) is 14.8. The van der Waals surface area contributed by atoms with Gasteiger partial charge in [-0.3, -0.25) is 14.5 Å². The Kier molecular flexibility index (Phi) is 8.21. The minimum absolute atomic E-state index is 0.116. The predicted octanol–water partition coefficient (Wildman–Crippen LogP) is 4.76. The standard InChI is InChI=1S/C26H35NO5/c1-25(2,3)23(29)31-21-14-13-19(15-22(21)32-24(30)26(4,5)6)20(28)17-27(7)16-18-11-9-8-10-12-18/h8-15,20,28H,16-17H2,1-7H3/t20-/m0/s1. The Morgan fingerprint density at radius 2 is 1.41 bits per heavy atom. The van der Waals surface area contributed by atoms with Crippen molar-refractivity contribution in [2.24, 2.45) is 10.8 Å². The van der Waals surface area contributed by atoms with E-state index in [1.165, 1.54) is 0 Å². The molecule has 6 heteroatoms. The van der Waals surface area contributed by atoms with Crippen molar-refractivity contribution in [1.82, 2.24) is 4.90 Å². The Labute approximate surface area is 191 Å². The van der Waals surface area contributed by atoms with Crippen LogP contribution in [-0.2, 0) is 16.1 Å². The quantitative estimate of drug-likeness (QED) is 0.493. The molecular formula is C26H35NO5. The number of aliphatic hydroxyl groups is 1. The van der Waals surface area contributed by atoms with Crippen molar-refractivity contribution in [2.75, 3.05) is 13.6 Å². The van der Waals surface area contributed by atoms with Crippen LogP contribution in [0.2, 0.25) is 0 Å². The highest BCUT2D eigenvalue weighted by Crippen LogP contribution is 2.34. The largest absolute Gasteiger partial charge is 0.422 e. The number of nitrogens with zero attached hydrogens (tertiary/aromatic N) is 1. The van der Waals surface area contributed by atoms with Crippen LogP contribution in [0.15, 0.2) is 48.5 Å². The number of benzene rings is 2. The number of likely N-dealkylation sites (N-methyl/N-ethyl adjacent to an activating group) is 1. The van der Waals surface area contributed by atoms with Crippen LogP contribution in [0.1, 0.15) is 58.8 Å². The third-order valence-electron chi connectivity index (χ3n) is 4.76. The first kappa shape index (κ1) is 25.6. The smallest absolute Gasteiger partial charge is 0.316 e. The maximum Gasteiger partial charge on any atom is 0.316 e. The molecule has 1 atom stereocenters. The van der Waals surface area contributed by atoms with Crippen molar-refractivity contribution in [3.05, 3.63) is 59.7 Å². The molecule has 2 aromatic carbocycles. The molecule has 6 nitrogen and oxygen atoms in total. The molecule has 0 amide bonds. The molecule has 174 valence electrons. The maximum absolute atomic E-state index is 12.5. The van der Waals surface area contributed by atoms with Gasteiger partial charge in [0.25, 0.3) is 0 Å². The highest BCUT2D eigenvalue weighted by molar-refractivity contribution is 5.81. The lowest BCUT2D eigenvalue weighted by Gasteiger charge is -2.23. The molecule has 2 rings (SSSR count). The predicted molar refractivity (Wildman–Crippen MR) is 124 cm³/mol. The summed E-state index contributed by atoms with van der Waals surface area (Å²) in [6.07, 6.45) is -0.817. The van der Waals surface area contributed by atoms with Crippen molar-refractivity contribution in [2.45, 2.75) is 54.2 Å². The van der Waals surface area contributed by atoms with Crippen LogP contribution < -0.4 is 9.47 Å². The van der Waals surface area contributed by atoms with E-state index < -0.39 is 28.9 Å². The summed E-state index contributed by atoms with van der Waals surface area (Å²) in [5.41, 5.74) is 0.253. The third-order valence-corrected chi connectivity index (χ3v) is 4.76. The van der Waals surface area contributed by atoms with Gasteiger partial charge in [0.2, 0.25) is 0 Å². The maximum atomic E-state index is 12.5. The molecule has 0 heterocycles. The van der Waals surface area contributed by atoms with Crippen molar-refractivity contribution in [1.29, 1.82) is 0 Å². The van der Waals surface area contributed by atoms with Crippen LogP contribution in [0.5, 0.6) is 11.5 Å². The average Bonchev–Trinajstić information content (AvgIpc) is 2.68. The SMILES string of the molecule is CN(Cc1ccccc1)C[C@H](O)c1ccc(OC(=O)C(C)(C)C)c(OC(=O)C(C)(C)C)c1. The molecule has 0 saturated carbocycles. The van der Waals surface area contributed by atoms with E-state index in [0.717, 1.165) is 5.56 Å². The molecule has 32 heavy (non-hydrogen) atoms. The van der Waals surface area contributed by atoms with E-state index >= 15 is 0 Å². The van der Waals surface area contributed by atoms with Crippen LogP contribution in [-0.4, -0.2) is 35.5 Å². The van der Waals surface area contributed by atoms with E-state index in [0.29, 0.717) is 18.7 Å². The highest BCUT2D eigenvalue weighted by atomic mass is 16.6. The number of carbonyl (C=O) groups excluding carboxylic acids is 2. The molecule has 0 saturated heterocycles. The first-order valence-electron chi connectivity index (χ1n) is 10.8. The van der Waals surface area contributed by atoms with Gasteiger partial charge in [-0.25, -0.2) is 0 Å². The lowest BCUT2D eigenvalue weighted by molar-refractivity contribution is -0.145. The lowest BCUT2D eigenvalue weighted by atomic mass is 9.97. The van der Waals surface area contributed by atoms with Gasteiger partial charge in [0.15, 0.2) is 11.5 Å². The Morgan fingerprint density at radius 3 is 1.94 bits per heavy atom. The number of ether oxygens (including phenoxy) is 2. The van der Waals surface area contributed by atoms with Crippen molar-refractivity contribution >= 4 is 11.9 Å². The summed E-state index contributed by atoms with van der Waals surface area (Å²) in [7, 11) is 1.93. The molecule has 2 aromatic rings. The van der Waals surface area contributed by atoms with Gasteiger partial charge in [-0.1, -0.05) is 36.4 Å². The molecule has 0 aromatic heterocycles. The second kappa shape index (κ2) is 10.3. The Hall–Kier alpha value is -2.70. The minimum atomic E-state index is -0.817. The fraction of sp³-hybridized carbons (Fsp3) is 0.462. The van der Waals surface area contributed by atoms with Gasteiger partial charge in [-0.15, -0.1) is 0 Å². The molecule has 0 unspecified atom stereocenters. The summed E-state index contributed by atoms with van der Waals surface area (Å²) in [5, 5.41) is 10.8. The van der Waals surface area contributed by atoms with E-state index in [1.54, 1.807) is 59.7 Å². The van der Waals surface area contributed by atoms with Gasteiger partial charge >= 0.3 is 11.9 Å². The summed E-state index contributed by atoms with van der Waals surface area (Å²) in [5.74, 6) is -0.638. The second-order valence-corrected chi connectivity index (χ2v) is 10.2. The van der Waals surface area contributed by atoms with Gasteiger partial charge in [0, 0.05) is 13.1 Å². The third kappa shape index (κ3) is 7.46. The van der Waals surface area contributed by atoms with E-state index in [-0.39, 0.29) is 11.5 Å². The molecule has 0 spiro atoms. The molecule has 0 aliphatic rings. The molecule has 0 aliphatic carbocycles. The van der Waals surface area contributed by atoms with Crippen LogP contribution in [0.25, 0.3) is 0 Å². The van der Waals surface area contributed by atoms with Crippen LogP contribution in [0.3, 0.4) is 0 Å². The zero-order chi connectivity index (χ0) is 24.1. The van der Waals surface area contributed by atoms with Gasteiger partial charge in [0.05, 0.1) is 16.9 Å². The van der Waals surface area contributed by atoms with Crippen LogP contribution in [0.4, 0.5) is 0 Å². The second-order valence-electron chi connectivity index (χ2n) is 10.2. The van der Waals surface area contributed by atoms with E-state index in [9.17, 15) is 14.7 Å². The number of hydrogen-bond donors (Lipinski definition) is 1. The van der Waals surface area contributed by atoms with Crippen molar-refractivity contribution in [3.8, 4) is 11.5 Å². The molecule has 0 fully saturated rings. The van der Waals surface area contributed by atoms with Gasteiger partial charge in [0.1, 0.15) is 0 Å². The Balaban J connectivity index is 2.24. The lowest BCUT2D eigenvalue weighted by Crippen LogP contribution is -2.28. The zero-order valence-corrected chi connectivity index (χ0v) is 20.1. The fourth-order valence-corrected chi connectivity index (χ4v) is 2.76. The van der Waals surface area contributed by atoms with Gasteiger partial charge in [-0.2, -0.15) is 0 Å². The Morgan fingerprint density at radius 1 is 0.875 bits per heavy atom. The highest BCUT2D eigenvalue weighted by Gasteiger charge is 2.28. The monoisotopic (exact) mass is 441 g/mol. The first-order chi connectivity index (χ1) is 14.8. The van der Waals surface area contributed by atoms with E-state index in [1.807, 2.05) is 42.3 Å². The summed E-state index contributed by atoms with van der Waals surface area (Å²) in [6.45, 7) is 11.5. The van der Waals surface area contributed by atoms with Crippen LogP contribution >= 0.6 is 0 Å². The Bertz CT molecular complexity index is 925. The normalized spacial score (nSPS) is 13.0. The van der Waals surface area contributed by atoms with Crippen molar-refractivity contribution in [3.63, 3.8) is 0 Å². The van der Waals surface area contributed by atoms with E-state index in [2.05, 4.69) is 0 Å². The number of esters is 2. The summed E-state index contributed by atoms with van der Waals surface area (Å²) >= 11 is 0. The van der Waals surface area contributed by atoms with Crippen molar-refractivity contribution < 1.29 is 24.2 Å². The number of carbonyl (C=O) groups is 2. The molecule has 0 bridgehead atoms.